The Hall–Kier alpha value is -3.08. The van der Waals surface area contributed by atoms with Crippen LogP contribution in [0, 0.1) is 0 Å². The van der Waals surface area contributed by atoms with E-state index in [0.717, 1.165) is 6.07 Å². The van der Waals surface area contributed by atoms with Crippen LogP contribution in [0.25, 0.3) is 0 Å². The van der Waals surface area contributed by atoms with Crippen LogP contribution in [0.2, 0.25) is 0 Å². The number of amides is 1. The zero-order valence-corrected chi connectivity index (χ0v) is 20.3. The van der Waals surface area contributed by atoms with E-state index in [-0.39, 0.29) is 15.5 Å². The maximum absolute atomic E-state index is 13.2. The van der Waals surface area contributed by atoms with Gasteiger partial charge >= 0.3 is 12.7 Å². The lowest BCUT2D eigenvalue weighted by Gasteiger charge is -2.37. The van der Waals surface area contributed by atoms with E-state index < -0.39 is 28.1 Å². The Kier molecular flexibility index (Phi) is 7.54. The first-order valence-electron chi connectivity index (χ1n) is 10.6. The molecule has 0 bridgehead atoms. The highest BCUT2D eigenvalue weighted by molar-refractivity contribution is 7.91. The summed E-state index contributed by atoms with van der Waals surface area (Å²) in [6, 6.07) is 9.40. The number of methoxy groups -OCH3 is 1. The van der Waals surface area contributed by atoms with Gasteiger partial charge in [-0.05, 0) is 57.2 Å². The second-order valence-electron chi connectivity index (χ2n) is 8.64. The Morgan fingerprint density at radius 1 is 1.00 bits per heavy atom. The van der Waals surface area contributed by atoms with E-state index in [0.29, 0.717) is 37.6 Å². The number of piperazine rings is 1. The number of rotatable bonds is 6. The first-order chi connectivity index (χ1) is 15.9. The number of ether oxygens (including phenoxy) is 3. The monoisotopic (exact) mass is 498 g/mol. The summed E-state index contributed by atoms with van der Waals surface area (Å²) in [7, 11) is -2.54. The summed E-state index contributed by atoms with van der Waals surface area (Å²) in [5.74, 6) is 0.225. The van der Waals surface area contributed by atoms with Gasteiger partial charge in [-0.3, -0.25) is 0 Å². The van der Waals surface area contributed by atoms with Crippen molar-refractivity contribution in [3.05, 3.63) is 42.5 Å². The fraction of sp³-hybridized carbons (Fsp3) is 0.435. The van der Waals surface area contributed by atoms with Crippen molar-refractivity contribution in [3.8, 4) is 11.5 Å². The van der Waals surface area contributed by atoms with Crippen molar-refractivity contribution < 1.29 is 36.2 Å². The predicted octanol–water partition coefficient (Wildman–Crippen LogP) is 4.19. The van der Waals surface area contributed by atoms with E-state index >= 15 is 0 Å². The molecule has 1 saturated heterocycles. The number of hydrogen-bond donors (Lipinski definition) is 0. The van der Waals surface area contributed by atoms with Gasteiger partial charge < -0.3 is 24.0 Å². The summed E-state index contributed by atoms with van der Waals surface area (Å²) in [6.45, 7) is 4.00. The molecule has 0 aliphatic carbocycles. The topological polar surface area (TPSA) is 85.4 Å². The lowest BCUT2D eigenvalue weighted by atomic mass is 10.2. The highest BCUT2D eigenvalue weighted by Crippen LogP contribution is 2.34. The third-order valence-electron chi connectivity index (χ3n) is 5.07. The van der Waals surface area contributed by atoms with Crippen molar-refractivity contribution in [1.82, 2.24) is 4.90 Å². The lowest BCUT2D eigenvalue weighted by Crippen LogP contribution is -2.50. The number of hydrogen-bond acceptors (Lipinski definition) is 7. The van der Waals surface area contributed by atoms with Crippen LogP contribution in [-0.4, -0.2) is 64.9 Å². The Bertz CT molecular complexity index is 1130. The molecule has 2 aromatic carbocycles. The molecule has 1 aliphatic heterocycles. The van der Waals surface area contributed by atoms with Gasteiger partial charge in [-0.25, -0.2) is 13.2 Å². The molecule has 34 heavy (non-hydrogen) atoms. The maximum Gasteiger partial charge on any atom is 0.410 e. The van der Waals surface area contributed by atoms with Crippen LogP contribution < -0.4 is 14.4 Å². The van der Waals surface area contributed by atoms with Crippen molar-refractivity contribution in [1.29, 1.82) is 0 Å². The average Bonchev–Trinajstić information content (AvgIpc) is 2.77. The molecular weight excluding hydrogens is 470 g/mol. The van der Waals surface area contributed by atoms with Gasteiger partial charge in [0.15, 0.2) is 0 Å². The minimum atomic E-state index is -4.02. The van der Waals surface area contributed by atoms with E-state index in [1.54, 1.807) is 31.7 Å². The van der Waals surface area contributed by atoms with Crippen LogP contribution in [0.4, 0.5) is 19.3 Å². The summed E-state index contributed by atoms with van der Waals surface area (Å²) in [5.41, 5.74) is -0.0509. The van der Waals surface area contributed by atoms with E-state index in [4.69, 9.17) is 9.47 Å². The Morgan fingerprint density at radius 3 is 2.24 bits per heavy atom. The Balaban J connectivity index is 1.84. The molecule has 0 unspecified atom stereocenters. The van der Waals surface area contributed by atoms with Crippen molar-refractivity contribution in [2.75, 3.05) is 38.2 Å². The molecule has 0 spiro atoms. The average molecular weight is 499 g/mol. The number of alkyl halides is 2. The number of nitrogens with zero attached hydrogens (tertiary/aromatic N) is 2. The molecule has 0 atom stereocenters. The van der Waals surface area contributed by atoms with Gasteiger partial charge in [0.1, 0.15) is 17.1 Å². The number of sulfone groups is 1. The standard InChI is InChI=1S/C23H28F2N2O6S/c1-23(2,3)33-22(28)27-12-10-26(11-13-27)19-15-18(8-9-20(19)31-4)34(29,30)17-7-5-6-16(14-17)32-21(24)25/h5-9,14-15,21H,10-13H2,1-4H3. The fourth-order valence-corrected chi connectivity index (χ4v) is 4.81. The highest BCUT2D eigenvalue weighted by Gasteiger charge is 2.28. The van der Waals surface area contributed by atoms with Gasteiger partial charge in [0.2, 0.25) is 9.84 Å². The van der Waals surface area contributed by atoms with Gasteiger partial charge in [-0.15, -0.1) is 0 Å². The van der Waals surface area contributed by atoms with Crippen molar-refractivity contribution in [2.24, 2.45) is 0 Å². The highest BCUT2D eigenvalue weighted by atomic mass is 32.2. The molecular formula is C23H28F2N2O6S. The number of halogens is 2. The normalized spacial score (nSPS) is 14.8. The molecule has 3 rings (SSSR count). The molecule has 11 heteroatoms. The van der Waals surface area contributed by atoms with Crippen LogP contribution in [0.3, 0.4) is 0 Å². The van der Waals surface area contributed by atoms with Crippen LogP contribution in [0.1, 0.15) is 20.8 Å². The quantitative estimate of drug-likeness (QED) is 0.591. The number of carbonyl (C=O) groups is 1. The van der Waals surface area contributed by atoms with Crippen LogP contribution in [0.15, 0.2) is 52.3 Å². The van der Waals surface area contributed by atoms with E-state index in [1.165, 1.54) is 37.4 Å². The number of anilines is 1. The summed E-state index contributed by atoms with van der Waals surface area (Å²) in [6.07, 6.45) is -0.402. The summed E-state index contributed by atoms with van der Waals surface area (Å²) in [4.78, 5) is 15.7. The zero-order chi connectivity index (χ0) is 25.1. The molecule has 0 saturated carbocycles. The minimum Gasteiger partial charge on any atom is -0.495 e. The SMILES string of the molecule is COc1ccc(S(=O)(=O)c2cccc(OC(F)F)c2)cc1N1CCN(C(=O)OC(C)(C)C)CC1. The van der Waals surface area contributed by atoms with Crippen LogP contribution >= 0.6 is 0 Å². The summed E-state index contributed by atoms with van der Waals surface area (Å²) in [5, 5.41) is 0. The van der Waals surface area contributed by atoms with Crippen molar-refractivity contribution in [3.63, 3.8) is 0 Å². The first kappa shape index (κ1) is 25.5. The second-order valence-corrected chi connectivity index (χ2v) is 10.6. The third kappa shape index (κ3) is 6.07. The molecule has 1 fully saturated rings. The molecule has 0 aromatic heterocycles. The summed E-state index contributed by atoms with van der Waals surface area (Å²) < 4.78 is 66.7. The molecule has 8 nitrogen and oxygen atoms in total. The molecule has 1 aliphatic rings. The van der Waals surface area contributed by atoms with E-state index in [1.807, 2.05) is 4.90 Å². The predicted molar refractivity (Wildman–Crippen MR) is 122 cm³/mol. The van der Waals surface area contributed by atoms with Gasteiger partial charge in [0.05, 0.1) is 22.6 Å². The minimum absolute atomic E-state index is 0.0212. The molecule has 0 radical (unpaired) electrons. The largest absolute Gasteiger partial charge is 0.495 e. The third-order valence-corrected chi connectivity index (χ3v) is 6.82. The van der Waals surface area contributed by atoms with Crippen molar-refractivity contribution >= 4 is 21.6 Å². The van der Waals surface area contributed by atoms with Gasteiger partial charge in [0, 0.05) is 26.2 Å². The second kappa shape index (κ2) is 10.0. The van der Waals surface area contributed by atoms with E-state index in [9.17, 15) is 22.0 Å². The Labute approximate surface area is 197 Å². The van der Waals surface area contributed by atoms with E-state index in [2.05, 4.69) is 4.74 Å². The molecule has 186 valence electrons. The molecule has 1 amide bonds. The van der Waals surface area contributed by atoms with Gasteiger partial charge in [-0.1, -0.05) is 6.07 Å². The van der Waals surface area contributed by atoms with Crippen molar-refractivity contribution in [2.45, 2.75) is 42.8 Å². The lowest BCUT2D eigenvalue weighted by molar-refractivity contribution is -0.0500. The first-order valence-corrected chi connectivity index (χ1v) is 12.1. The van der Waals surface area contributed by atoms with Crippen LogP contribution in [-0.2, 0) is 14.6 Å². The maximum atomic E-state index is 13.2. The smallest absolute Gasteiger partial charge is 0.410 e. The van der Waals surface area contributed by atoms with Gasteiger partial charge in [-0.2, -0.15) is 8.78 Å². The molecule has 2 aromatic rings. The summed E-state index contributed by atoms with van der Waals surface area (Å²) >= 11 is 0. The number of carbonyl (C=O) groups excluding carboxylic acids is 1. The van der Waals surface area contributed by atoms with Gasteiger partial charge in [0.25, 0.3) is 0 Å². The zero-order valence-electron chi connectivity index (χ0n) is 19.5. The molecule has 1 heterocycles. The fourth-order valence-electron chi connectivity index (χ4n) is 3.49. The molecule has 0 N–H and O–H groups in total. The Morgan fingerprint density at radius 2 is 1.65 bits per heavy atom. The van der Waals surface area contributed by atoms with Crippen LogP contribution in [0.5, 0.6) is 11.5 Å². The number of benzene rings is 2.